The molecule has 1 saturated heterocycles. The minimum Gasteiger partial charge on any atom is -0.339 e. The zero-order valence-electron chi connectivity index (χ0n) is 16.3. The van der Waals surface area contributed by atoms with Crippen LogP contribution < -0.4 is 5.32 Å². The molecule has 27 heavy (non-hydrogen) atoms. The van der Waals surface area contributed by atoms with Gasteiger partial charge in [0, 0.05) is 30.8 Å². The first kappa shape index (κ1) is 19.2. The summed E-state index contributed by atoms with van der Waals surface area (Å²) in [6.07, 6.45) is 4.53. The molecule has 0 aliphatic carbocycles. The normalized spacial score (nSPS) is 14.1. The molecule has 3 rings (SSSR count). The van der Waals surface area contributed by atoms with Crippen molar-refractivity contribution in [3.8, 4) is 0 Å². The number of likely N-dealkylation sites (tertiary alicyclic amines) is 1. The van der Waals surface area contributed by atoms with Crippen molar-refractivity contribution in [1.82, 2.24) is 4.90 Å². The van der Waals surface area contributed by atoms with Crippen LogP contribution in [-0.4, -0.2) is 29.8 Å². The summed E-state index contributed by atoms with van der Waals surface area (Å²) in [7, 11) is 0. The van der Waals surface area contributed by atoms with Gasteiger partial charge in [-0.15, -0.1) is 0 Å². The number of nitrogens with one attached hydrogen (secondary N) is 1. The number of hydrogen-bond acceptors (Lipinski definition) is 2. The van der Waals surface area contributed by atoms with Crippen LogP contribution >= 0.6 is 0 Å². The largest absolute Gasteiger partial charge is 0.339 e. The van der Waals surface area contributed by atoms with Crippen molar-refractivity contribution >= 4 is 17.5 Å². The quantitative estimate of drug-likeness (QED) is 0.849. The predicted octanol–water partition coefficient (Wildman–Crippen LogP) is 4.50. The Morgan fingerprint density at radius 2 is 1.63 bits per heavy atom. The van der Waals surface area contributed by atoms with E-state index in [1.807, 2.05) is 17.0 Å². The molecular weight excluding hydrogens is 336 g/mol. The molecule has 0 aromatic heterocycles. The molecule has 2 aromatic carbocycles. The average Bonchev–Trinajstić information content (AvgIpc) is 2.69. The maximum absolute atomic E-state index is 12.5. The van der Waals surface area contributed by atoms with Gasteiger partial charge >= 0.3 is 0 Å². The summed E-state index contributed by atoms with van der Waals surface area (Å²) >= 11 is 0. The highest BCUT2D eigenvalue weighted by molar-refractivity contribution is 5.95. The van der Waals surface area contributed by atoms with Gasteiger partial charge in [0.1, 0.15) is 0 Å². The number of anilines is 1. The summed E-state index contributed by atoms with van der Waals surface area (Å²) < 4.78 is 0. The predicted molar refractivity (Wildman–Crippen MR) is 109 cm³/mol. The number of rotatable bonds is 5. The molecule has 1 aliphatic heterocycles. The minimum absolute atomic E-state index is 0.0108. The first-order chi connectivity index (χ1) is 13.0. The maximum atomic E-state index is 12.5. The number of nitrogens with zero attached hydrogens (tertiary/aromatic N) is 1. The minimum atomic E-state index is -0.0108. The number of aryl methyl sites for hydroxylation is 3. The standard InChI is InChI=1S/C23H28N2O2/c1-17-6-7-19(16-18(17)2)8-13-22(26)24-21-11-9-20(10-12-21)23(27)25-14-4-3-5-15-25/h6-7,9-12,16H,3-5,8,13-15H2,1-2H3,(H,24,26). The van der Waals surface area contributed by atoms with E-state index in [9.17, 15) is 9.59 Å². The van der Waals surface area contributed by atoms with Crippen molar-refractivity contribution < 1.29 is 9.59 Å². The fraction of sp³-hybridized carbons (Fsp3) is 0.391. The topological polar surface area (TPSA) is 49.4 Å². The number of amides is 2. The summed E-state index contributed by atoms with van der Waals surface area (Å²) in [6, 6.07) is 13.5. The van der Waals surface area contributed by atoms with Gasteiger partial charge in [0.05, 0.1) is 0 Å². The summed E-state index contributed by atoms with van der Waals surface area (Å²) in [5.41, 5.74) is 5.11. The van der Waals surface area contributed by atoms with Crippen LogP contribution in [0.4, 0.5) is 5.69 Å². The third kappa shape index (κ3) is 5.19. The van der Waals surface area contributed by atoms with Gasteiger partial charge in [0.15, 0.2) is 0 Å². The fourth-order valence-electron chi connectivity index (χ4n) is 3.42. The molecular formula is C23H28N2O2. The molecule has 0 radical (unpaired) electrons. The van der Waals surface area contributed by atoms with Gasteiger partial charge in [-0.1, -0.05) is 18.2 Å². The zero-order valence-corrected chi connectivity index (χ0v) is 16.3. The highest BCUT2D eigenvalue weighted by atomic mass is 16.2. The molecule has 1 fully saturated rings. The van der Waals surface area contributed by atoms with E-state index in [4.69, 9.17) is 0 Å². The molecule has 4 nitrogen and oxygen atoms in total. The second-order valence-electron chi connectivity index (χ2n) is 7.40. The Morgan fingerprint density at radius 3 is 2.30 bits per heavy atom. The van der Waals surface area contributed by atoms with Crippen molar-refractivity contribution in [3.05, 3.63) is 64.7 Å². The van der Waals surface area contributed by atoms with Crippen molar-refractivity contribution in [2.45, 2.75) is 46.0 Å². The number of carbonyl (C=O) groups excluding carboxylic acids is 2. The Morgan fingerprint density at radius 1 is 0.926 bits per heavy atom. The van der Waals surface area contributed by atoms with Gasteiger partial charge in [-0.2, -0.15) is 0 Å². The van der Waals surface area contributed by atoms with Crippen LogP contribution in [0.25, 0.3) is 0 Å². The molecule has 0 saturated carbocycles. The lowest BCUT2D eigenvalue weighted by Gasteiger charge is -2.26. The first-order valence-corrected chi connectivity index (χ1v) is 9.78. The van der Waals surface area contributed by atoms with Crippen molar-refractivity contribution in [2.24, 2.45) is 0 Å². The number of carbonyl (C=O) groups is 2. The van der Waals surface area contributed by atoms with Crippen molar-refractivity contribution in [1.29, 1.82) is 0 Å². The molecule has 4 heteroatoms. The maximum Gasteiger partial charge on any atom is 0.253 e. The van der Waals surface area contributed by atoms with E-state index >= 15 is 0 Å². The average molecular weight is 364 g/mol. The van der Waals surface area contributed by atoms with E-state index in [1.165, 1.54) is 23.1 Å². The molecule has 1 heterocycles. The fourth-order valence-corrected chi connectivity index (χ4v) is 3.42. The molecule has 142 valence electrons. The van der Waals surface area contributed by atoms with Crippen LogP contribution in [0.2, 0.25) is 0 Å². The van der Waals surface area contributed by atoms with Crippen LogP contribution in [0.1, 0.15) is 52.7 Å². The van der Waals surface area contributed by atoms with Crippen LogP contribution in [0, 0.1) is 13.8 Å². The number of piperidine rings is 1. The third-order valence-electron chi connectivity index (χ3n) is 5.27. The van der Waals surface area contributed by atoms with Crippen molar-refractivity contribution in [3.63, 3.8) is 0 Å². The highest BCUT2D eigenvalue weighted by Crippen LogP contribution is 2.16. The van der Waals surface area contributed by atoms with Gasteiger partial charge < -0.3 is 10.2 Å². The molecule has 0 spiro atoms. The highest BCUT2D eigenvalue weighted by Gasteiger charge is 2.18. The molecule has 2 amide bonds. The first-order valence-electron chi connectivity index (χ1n) is 9.78. The lowest BCUT2D eigenvalue weighted by Crippen LogP contribution is -2.35. The number of benzene rings is 2. The monoisotopic (exact) mass is 364 g/mol. The van der Waals surface area contributed by atoms with Crippen LogP contribution in [0.5, 0.6) is 0 Å². The van der Waals surface area contributed by atoms with Gasteiger partial charge in [-0.05, 0) is 80.5 Å². The lowest BCUT2D eigenvalue weighted by molar-refractivity contribution is -0.116. The van der Waals surface area contributed by atoms with E-state index < -0.39 is 0 Å². The second kappa shape index (κ2) is 8.85. The van der Waals surface area contributed by atoms with Gasteiger partial charge in [-0.25, -0.2) is 0 Å². The third-order valence-corrected chi connectivity index (χ3v) is 5.27. The Balaban J connectivity index is 1.52. The van der Waals surface area contributed by atoms with E-state index in [-0.39, 0.29) is 11.8 Å². The molecule has 1 aliphatic rings. The Hall–Kier alpha value is -2.62. The van der Waals surface area contributed by atoms with Crippen LogP contribution in [0.3, 0.4) is 0 Å². The summed E-state index contributed by atoms with van der Waals surface area (Å²) in [5, 5.41) is 2.92. The van der Waals surface area contributed by atoms with Crippen LogP contribution in [-0.2, 0) is 11.2 Å². The van der Waals surface area contributed by atoms with E-state index in [0.29, 0.717) is 12.0 Å². The Kier molecular flexibility index (Phi) is 6.28. The smallest absolute Gasteiger partial charge is 0.253 e. The summed E-state index contributed by atoms with van der Waals surface area (Å²) in [4.78, 5) is 26.6. The zero-order chi connectivity index (χ0) is 19.2. The Bertz CT molecular complexity index is 806. The molecule has 2 aromatic rings. The van der Waals surface area contributed by atoms with Crippen molar-refractivity contribution in [2.75, 3.05) is 18.4 Å². The number of hydrogen-bond donors (Lipinski definition) is 1. The lowest BCUT2D eigenvalue weighted by atomic mass is 10.0. The SMILES string of the molecule is Cc1ccc(CCC(=O)Nc2ccc(C(=O)N3CCCCC3)cc2)cc1C. The van der Waals surface area contributed by atoms with E-state index in [0.717, 1.165) is 38.0 Å². The Labute approximate surface area is 161 Å². The molecule has 1 N–H and O–H groups in total. The van der Waals surface area contributed by atoms with Gasteiger partial charge in [-0.3, -0.25) is 9.59 Å². The van der Waals surface area contributed by atoms with Gasteiger partial charge in [0.2, 0.25) is 5.91 Å². The summed E-state index contributed by atoms with van der Waals surface area (Å²) in [6.45, 7) is 5.86. The second-order valence-corrected chi connectivity index (χ2v) is 7.40. The molecule has 0 atom stereocenters. The molecule has 0 bridgehead atoms. The molecule has 0 unspecified atom stereocenters. The van der Waals surface area contributed by atoms with E-state index in [1.54, 1.807) is 12.1 Å². The van der Waals surface area contributed by atoms with E-state index in [2.05, 4.69) is 37.4 Å². The van der Waals surface area contributed by atoms with Crippen LogP contribution in [0.15, 0.2) is 42.5 Å². The summed E-state index contributed by atoms with van der Waals surface area (Å²) in [5.74, 6) is 0.0747. The van der Waals surface area contributed by atoms with Gasteiger partial charge in [0.25, 0.3) is 5.91 Å².